The van der Waals surface area contributed by atoms with Gasteiger partial charge in [-0.3, -0.25) is 4.79 Å². The number of amides is 1. The van der Waals surface area contributed by atoms with E-state index in [1.165, 1.54) is 4.70 Å². The first-order chi connectivity index (χ1) is 13.1. The second-order valence-electron chi connectivity index (χ2n) is 6.48. The minimum Gasteiger partial charge on any atom is -0.332 e. The Bertz CT molecular complexity index is 932. The highest BCUT2D eigenvalue weighted by molar-refractivity contribution is 7.80. The third kappa shape index (κ3) is 5.11. The Kier molecular flexibility index (Phi) is 6.53. The monoisotopic (exact) mass is 397 g/mol. The predicted octanol–water partition coefficient (Wildman–Crippen LogP) is 5.67. The van der Waals surface area contributed by atoms with Crippen LogP contribution in [0.3, 0.4) is 0 Å². The maximum absolute atomic E-state index is 11.9. The maximum Gasteiger partial charge on any atom is 0.226 e. The average molecular weight is 398 g/mol. The van der Waals surface area contributed by atoms with Crippen LogP contribution in [0.15, 0.2) is 42.5 Å². The van der Waals surface area contributed by atoms with Crippen molar-refractivity contribution in [1.82, 2.24) is 10.3 Å². The highest BCUT2D eigenvalue weighted by atomic mass is 32.1. The number of thiazole rings is 1. The lowest BCUT2D eigenvalue weighted by atomic mass is 10.1. The van der Waals surface area contributed by atoms with Gasteiger partial charge in [0.15, 0.2) is 5.11 Å². The summed E-state index contributed by atoms with van der Waals surface area (Å²) in [6.07, 6.45) is 3.54. The highest BCUT2D eigenvalue weighted by Crippen LogP contribution is 2.31. The van der Waals surface area contributed by atoms with Gasteiger partial charge in [0.05, 0.1) is 10.2 Å². The average Bonchev–Trinajstić information content (AvgIpc) is 3.07. The molecule has 0 saturated heterocycles. The van der Waals surface area contributed by atoms with E-state index in [4.69, 9.17) is 17.2 Å². The smallest absolute Gasteiger partial charge is 0.226 e. The zero-order valence-electron chi connectivity index (χ0n) is 15.5. The number of fused-ring (bicyclic) bond motifs is 1. The highest BCUT2D eigenvalue weighted by Gasteiger charge is 2.10. The minimum atomic E-state index is -0.0373. The van der Waals surface area contributed by atoms with E-state index in [9.17, 15) is 4.79 Å². The van der Waals surface area contributed by atoms with Gasteiger partial charge in [0, 0.05) is 17.7 Å². The topological polar surface area (TPSA) is 54.0 Å². The molecule has 0 bridgehead atoms. The molecular formula is C21H23N3OS2. The Morgan fingerprint density at radius 2 is 2.00 bits per heavy atom. The lowest BCUT2D eigenvalue weighted by Crippen LogP contribution is -2.34. The van der Waals surface area contributed by atoms with E-state index >= 15 is 0 Å². The summed E-state index contributed by atoms with van der Waals surface area (Å²) < 4.78 is 1.18. The van der Waals surface area contributed by atoms with Gasteiger partial charge in [0.1, 0.15) is 5.01 Å². The van der Waals surface area contributed by atoms with Crippen molar-refractivity contribution in [2.24, 2.45) is 0 Å². The van der Waals surface area contributed by atoms with Crippen LogP contribution in [0.2, 0.25) is 0 Å². The summed E-state index contributed by atoms with van der Waals surface area (Å²) in [5.41, 5.74) is 4.03. The molecule has 3 aromatic rings. The van der Waals surface area contributed by atoms with Crippen molar-refractivity contribution in [3.05, 3.63) is 48.0 Å². The zero-order chi connectivity index (χ0) is 19.2. The van der Waals surface area contributed by atoms with Crippen molar-refractivity contribution in [2.45, 2.75) is 39.5 Å². The van der Waals surface area contributed by atoms with Crippen molar-refractivity contribution in [3.8, 4) is 10.6 Å². The van der Waals surface area contributed by atoms with Crippen LogP contribution in [0.1, 0.15) is 38.2 Å². The molecule has 1 aromatic heterocycles. The molecule has 0 aliphatic carbocycles. The van der Waals surface area contributed by atoms with Crippen LogP contribution in [0.4, 0.5) is 5.69 Å². The number of carbonyl (C=O) groups is 1. The van der Waals surface area contributed by atoms with E-state index in [1.807, 2.05) is 37.3 Å². The molecule has 1 heterocycles. The van der Waals surface area contributed by atoms with Gasteiger partial charge in [-0.1, -0.05) is 31.9 Å². The molecule has 3 rings (SSSR count). The second kappa shape index (κ2) is 9.06. The van der Waals surface area contributed by atoms with E-state index < -0.39 is 0 Å². The lowest BCUT2D eigenvalue weighted by molar-refractivity contribution is -0.119. The quantitative estimate of drug-likeness (QED) is 0.416. The summed E-state index contributed by atoms with van der Waals surface area (Å²) in [4.78, 5) is 16.6. The van der Waals surface area contributed by atoms with Crippen molar-refractivity contribution >= 4 is 50.5 Å². The molecule has 0 atom stereocenters. The Hall–Kier alpha value is -2.31. The number of aromatic nitrogens is 1. The number of anilines is 1. The summed E-state index contributed by atoms with van der Waals surface area (Å²) in [7, 11) is 0. The minimum absolute atomic E-state index is 0.0373. The summed E-state index contributed by atoms with van der Waals surface area (Å²) in [5, 5.41) is 7.21. The Morgan fingerprint density at radius 3 is 2.74 bits per heavy atom. The molecule has 4 nitrogen and oxygen atoms in total. The van der Waals surface area contributed by atoms with Crippen LogP contribution in [0.5, 0.6) is 0 Å². The van der Waals surface area contributed by atoms with E-state index in [0.29, 0.717) is 11.5 Å². The number of thiocarbonyl (C=S) groups is 1. The summed E-state index contributed by atoms with van der Waals surface area (Å²) in [6.45, 7) is 4.13. The number of nitrogens with zero attached hydrogens (tertiary/aromatic N) is 1. The fraction of sp³-hybridized carbons (Fsp3) is 0.286. The molecule has 1 amide bonds. The molecule has 0 aliphatic heterocycles. The molecule has 2 aromatic carbocycles. The zero-order valence-corrected chi connectivity index (χ0v) is 17.2. The lowest BCUT2D eigenvalue weighted by Gasteiger charge is -2.12. The van der Waals surface area contributed by atoms with Gasteiger partial charge < -0.3 is 10.6 Å². The summed E-state index contributed by atoms with van der Waals surface area (Å²) in [5.74, 6) is -0.0373. The Labute approximate surface area is 169 Å². The number of carbonyl (C=O) groups excluding carboxylic acids is 1. The van der Waals surface area contributed by atoms with Crippen molar-refractivity contribution < 1.29 is 4.79 Å². The molecule has 2 N–H and O–H groups in total. The Balaban J connectivity index is 1.66. The van der Waals surface area contributed by atoms with Crippen LogP contribution in [0, 0.1) is 6.92 Å². The normalized spacial score (nSPS) is 10.7. The fourth-order valence-electron chi connectivity index (χ4n) is 2.81. The molecular weight excluding hydrogens is 374 g/mol. The van der Waals surface area contributed by atoms with Gasteiger partial charge >= 0.3 is 0 Å². The van der Waals surface area contributed by atoms with Gasteiger partial charge in [-0.25, -0.2) is 4.98 Å². The number of hydrogen-bond donors (Lipinski definition) is 2. The van der Waals surface area contributed by atoms with Crippen LogP contribution < -0.4 is 10.6 Å². The molecule has 0 fully saturated rings. The van der Waals surface area contributed by atoms with E-state index in [-0.39, 0.29) is 5.91 Å². The molecule has 0 spiro atoms. The van der Waals surface area contributed by atoms with E-state index in [1.54, 1.807) is 11.3 Å². The SMILES string of the molecule is CCCCCC(=O)NC(=S)Nc1ccc(-c2nc3ccccc3s2)cc1C. The maximum atomic E-state index is 11.9. The number of nitrogens with one attached hydrogen (secondary N) is 2. The first kappa shape index (κ1) is 19.5. The van der Waals surface area contributed by atoms with Gasteiger partial charge in [-0.2, -0.15) is 0 Å². The van der Waals surface area contributed by atoms with Crippen molar-refractivity contribution in [3.63, 3.8) is 0 Å². The van der Waals surface area contributed by atoms with Crippen LogP contribution in [0.25, 0.3) is 20.8 Å². The molecule has 0 unspecified atom stereocenters. The number of rotatable bonds is 6. The molecule has 0 radical (unpaired) electrons. The van der Waals surface area contributed by atoms with Crippen LogP contribution in [-0.4, -0.2) is 16.0 Å². The third-order valence-electron chi connectivity index (χ3n) is 4.28. The van der Waals surface area contributed by atoms with Crippen LogP contribution >= 0.6 is 23.6 Å². The number of unbranched alkanes of at least 4 members (excludes halogenated alkanes) is 2. The summed E-state index contributed by atoms with van der Waals surface area (Å²) >= 11 is 6.95. The van der Waals surface area contributed by atoms with Gasteiger partial charge in [-0.05, 0) is 61.5 Å². The number of aryl methyl sites for hydroxylation is 1. The predicted molar refractivity (Wildman–Crippen MR) is 118 cm³/mol. The molecule has 6 heteroatoms. The van der Waals surface area contributed by atoms with Crippen molar-refractivity contribution in [2.75, 3.05) is 5.32 Å². The fourth-order valence-corrected chi connectivity index (χ4v) is 4.00. The van der Waals surface area contributed by atoms with E-state index in [0.717, 1.165) is 46.6 Å². The molecule has 140 valence electrons. The third-order valence-corrected chi connectivity index (χ3v) is 5.57. The Morgan fingerprint density at radius 1 is 1.19 bits per heavy atom. The standard InChI is InChI=1S/C21H23N3OS2/c1-3-4-5-10-19(25)24-21(26)23-16-12-11-15(13-14(16)2)20-22-17-8-6-7-9-18(17)27-20/h6-9,11-13H,3-5,10H2,1-2H3,(H2,23,24,25,26). The molecule has 0 aliphatic rings. The summed E-state index contributed by atoms with van der Waals surface area (Å²) in [6, 6.07) is 14.2. The second-order valence-corrected chi connectivity index (χ2v) is 7.91. The van der Waals surface area contributed by atoms with Gasteiger partial charge in [0.25, 0.3) is 0 Å². The molecule has 27 heavy (non-hydrogen) atoms. The first-order valence-electron chi connectivity index (χ1n) is 9.14. The van der Waals surface area contributed by atoms with Crippen molar-refractivity contribution in [1.29, 1.82) is 0 Å². The number of para-hydroxylation sites is 1. The first-order valence-corrected chi connectivity index (χ1v) is 10.4. The van der Waals surface area contributed by atoms with Gasteiger partial charge in [-0.15, -0.1) is 11.3 Å². The van der Waals surface area contributed by atoms with E-state index in [2.05, 4.69) is 29.7 Å². The largest absolute Gasteiger partial charge is 0.332 e. The number of hydrogen-bond acceptors (Lipinski definition) is 4. The van der Waals surface area contributed by atoms with Crippen LogP contribution in [-0.2, 0) is 4.79 Å². The number of benzene rings is 2. The molecule has 0 saturated carbocycles. The van der Waals surface area contributed by atoms with Gasteiger partial charge in [0.2, 0.25) is 5.91 Å².